The van der Waals surface area contributed by atoms with E-state index in [9.17, 15) is 26.7 Å². The predicted octanol–water partition coefficient (Wildman–Crippen LogP) is 3.90. The van der Waals surface area contributed by atoms with Crippen molar-refractivity contribution in [2.24, 2.45) is 16.6 Å². The van der Waals surface area contributed by atoms with Crippen LogP contribution < -0.4 is 11.1 Å². The van der Waals surface area contributed by atoms with Gasteiger partial charge in [0.15, 0.2) is 0 Å². The summed E-state index contributed by atoms with van der Waals surface area (Å²) in [6.45, 7) is 0.544. The minimum Gasteiger partial charge on any atom is -0.394 e. The van der Waals surface area contributed by atoms with E-state index in [-0.39, 0.29) is 29.5 Å². The maximum atomic E-state index is 14.5. The highest BCUT2D eigenvalue weighted by Crippen LogP contribution is 2.35. The van der Waals surface area contributed by atoms with Gasteiger partial charge in [0.05, 0.1) is 28.9 Å². The van der Waals surface area contributed by atoms with Crippen LogP contribution in [0.3, 0.4) is 0 Å². The van der Waals surface area contributed by atoms with Gasteiger partial charge in [0.1, 0.15) is 5.70 Å². The highest BCUT2D eigenvalue weighted by Gasteiger charge is 2.46. The number of allylic oxidation sites excluding steroid dienone is 1. The molecule has 36 heavy (non-hydrogen) atoms. The van der Waals surface area contributed by atoms with Crippen molar-refractivity contribution in [1.29, 1.82) is 0 Å². The normalized spacial score (nSPS) is 20.8. The Labute approximate surface area is 208 Å². The van der Waals surface area contributed by atoms with Crippen molar-refractivity contribution in [3.63, 3.8) is 0 Å². The number of likely N-dealkylation sites (tertiary alicyclic amines) is 1. The van der Waals surface area contributed by atoms with Gasteiger partial charge in [-0.2, -0.15) is 13.2 Å². The Morgan fingerprint density at radius 1 is 1.28 bits per heavy atom. The topological polar surface area (TPSA) is 109 Å². The lowest BCUT2D eigenvalue weighted by atomic mass is 9.88. The van der Waals surface area contributed by atoms with Gasteiger partial charge in [-0.15, -0.1) is 0 Å². The summed E-state index contributed by atoms with van der Waals surface area (Å²) >= 11 is 5.87. The molecule has 14 heteroatoms. The van der Waals surface area contributed by atoms with Crippen LogP contribution in [0.25, 0.3) is 5.57 Å². The molecule has 1 fully saturated rings. The molecule has 2 unspecified atom stereocenters. The van der Waals surface area contributed by atoms with E-state index in [0.717, 1.165) is 4.90 Å². The second-order valence-corrected chi connectivity index (χ2v) is 8.72. The second kappa shape index (κ2) is 10.7. The smallest absolute Gasteiger partial charge is 0.394 e. The molecule has 0 aromatic carbocycles. The molecule has 1 aliphatic rings. The fourth-order valence-corrected chi connectivity index (χ4v) is 3.96. The van der Waals surface area contributed by atoms with E-state index >= 15 is 0 Å². The SMILES string of the molecule is CN=CC(=C(N)C(=O)N1CC(F)(F)CC(C)C1CNc1ncc(C(F)(F)F)cn1)c1ccc(Cl)cn1. The van der Waals surface area contributed by atoms with Gasteiger partial charge in [-0.1, -0.05) is 18.5 Å². The van der Waals surface area contributed by atoms with Crippen molar-refractivity contribution in [1.82, 2.24) is 19.9 Å². The van der Waals surface area contributed by atoms with Crippen LogP contribution in [-0.4, -0.2) is 64.1 Å². The molecule has 0 saturated carbocycles. The molecule has 3 N–H and O–H groups in total. The van der Waals surface area contributed by atoms with Gasteiger partial charge >= 0.3 is 6.18 Å². The van der Waals surface area contributed by atoms with Crippen LogP contribution in [0.2, 0.25) is 5.02 Å². The maximum absolute atomic E-state index is 14.5. The zero-order valence-electron chi connectivity index (χ0n) is 19.2. The molecule has 3 rings (SSSR count). The van der Waals surface area contributed by atoms with Gasteiger partial charge in [0, 0.05) is 50.4 Å². The predicted molar refractivity (Wildman–Crippen MR) is 125 cm³/mol. The molecule has 2 aromatic heterocycles. The van der Waals surface area contributed by atoms with Gasteiger partial charge in [0.2, 0.25) is 5.95 Å². The molecule has 1 amide bonds. The fourth-order valence-electron chi connectivity index (χ4n) is 3.85. The third-order valence-electron chi connectivity index (χ3n) is 5.57. The van der Waals surface area contributed by atoms with Gasteiger partial charge < -0.3 is 16.0 Å². The Balaban J connectivity index is 1.89. The standard InChI is InChI=1S/C22H23ClF5N7O/c1-12-5-21(24,25)11-35(17(12)10-34-20-32-6-13(7-33-20)22(26,27)28)19(36)18(29)15(9-30-2)16-4-3-14(23)8-31-16/h3-4,6-9,12,17H,5,10-11,29H2,1-2H3,(H,32,33,34). The van der Waals surface area contributed by atoms with Gasteiger partial charge in [0.25, 0.3) is 11.8 Å². The van der Waals surface area contributed by atoms with Gasteiger partial charge in [-0.05, 0) is 18.1 Å². The van der Waals surface area contributed by atoms with E-state index in [4.69, 9.17) is 17.3 Å². The molecule has 2 atom stereocenters. The lowest BCUT2D eigenvalue weighted by molar-refractivity contribution is -0.148. The van der Waals surface area contributed by atoms with Gasteiger partial charge in [-0.3, -0.25) is 14.8 Å². The van der Waals surface area contributed by atoms with Crippen LogP contribution >= 0.6 is 11.6 Å². The summed E-state index contributed by atoms with van der Waals surface area (Å²) < 4.78 is 67.2. The summed E-state index contributed by atoms with van der Waals surface area (Å²) in [5, 5.41) is 3.07. The number of aromatic nitrogens is 3. The third-order valence-corrected chi connectivity index (χ3v) is 5.79. The van der Waals surface area contributed by atoms with E-state index < -0.39 is 48.5 Å². The largest absolute Gasteiger partial charge is 0.419 e. The number of amides is 1. The van der Waals surface area contributed by atoms with Crippen molar-refractivity contribution >= 4 is 35.2 Å². The lowest BCUT2D eigenvalue weighted by Gasteiger charge is -2.43. The Morgan fingerprint density at radius 2 is 1.94 bits per heavy atom. The van der Waals surface area contributed by atoms with Crippen LogP contribution in [0.5, 0.6) is 0 Å². The minimum absolute atomic E-state index is 0.0992. The number of pyridine rings is 1. The summed E-state index contributed by atoms with van der Waals surface area (Å²) in [6, 6.07) is 2.24. The number of nitrogens with zero attached hydrogens (tertiary/aromatic N) is 5. The lowest BCUT2D eigenvalue weighted by Crippen LogP contribution is -2.58. The number of anilines is 1. The molecule has 0 aliphatic carbocycles. The zero-order valence-corrected chi connectivity index (χ0v) is 20.0. The Kier molecular flexibility index (Phi) is 8.12. The molecule has 0 bridgehead atoms. The first-order valence-corrected chi connectivity index (χ1v) is 11.1. The molecule has 1 aliphatic heterocycles. The number of hydrogen-bond acceptors (Lipinski definition) is 7. The van der Waals surface area contributed by atoms with E-state index in [0.29, 0.717) is 17.4 Å². The summed E-state index contributed by atoms with van der Waals surface area (Å²) in [5.41, 5.74) is 5.14. The number of rotatable bonds is 6. The quantitative estimate of drug-likeness (QED) is 0.332. The highest BCUT2D eigenvalue weighted by atomic mass is 35.5. The van der Waals surface area contributed by atoms with Crippen LogP contribution in [0.1, 0.15) is 24.6 Å². The Hall–Kier alpha value is -3.35. The summed E-state index contributed by atoms with van der Waals surface area (Å²) in [5.74, 6) is -4.88. The van der Waals surface area contributed by atoms with Gasteiger partial charge in [-0.25, -0.2) is 18.7 Å². The first-order valence-electron chi connectivity index (χ1n) is 10.7. The number of carbonyl (C=O) groups excluding carboxylic acids is 1. The molecule has 2 aromatic rings. The van der Waals surface area contributed by atoms with Crippen LogP contribution in [0, 0.1) is 5.92 Å². The zero-order chi connectivity index (χ0) is 26.7. The van der Waals surface area contributed by atoms with Crippen molar-refractivity contribution in [2.75, 3.05) is 25.5 Å². The number of aliphatic imine (C=N–C) groups is 1. The van der Waals surface area contributed by atoms with Crippen molar-refractivity contribution in [3.8, 4) is 0 Å². The second-order valence-electron chi connectivity index (χ2n) is 8.29. The molecular formula is C22H23ClF5N7O. The molecule has 1 saturated heterocycles. The fraction of sp³-hybridized carbons (Fsp3) is 0.409. The average Bonchev–Trinajstić information content (AvgIpc) is 2.80. The van der Waals surface area contributed by atoms with Crippen LogP contribution in [-0.2, 0) is 11.0 Å². The number of alkyl halides is 5. The average molecular weight is 532 g/mol. The third kappa shape index (κ3) is 6.45. The van der Waals surface area contributed by atoms with E-state index in [2.05, 4.69) is 25.3 Å². The monoisotopic (exact) mass is 531 g/mol. The maximum Gasteiger partial charge on any atom is 0.419 e. The van der Waals surface area contributed by atoms with E-state index in [1.54, 1.807) is 6.92 Å². The van der Waals surface area contributed by atoms with Crippen molar-refractivity contribution in [2.45, 2.75) is 31.5 Å². The number of nitrogens with one attached hydrogen (secondary N) is 1. The van der Waals surface area contributed by atoms with Crippen molar-refractivity contribution in [3.05, 3.63) is 52.7 Å². The minimum atomic E-state index is -4.60. The number of halogens is 6. The van der Waals surface area contributed by atoms with Crippen LogP contribution in [0.15, 0.2) is 41.4 Å². The number of piperidine rings is 1. The summed E-state index contributed by atoms with van der Waals surface area (Å²) in [4.78, 5) is 29.6. The molecule has 0 spiro atoms. The number of nitrogens with two attached hydrogens (primary N) is 1. The number of carbonyl (C=O) groups is 1. The molecule has 8 nitrogen and oxygen atoms in total. The van der Waals surface area contributed by atoms with Crippen LogP contribution in [0.4, 0.5) is 27.9 Å². The summed E-state index contributed by atoms with van der Waals surface area (Å²) in [6.07, 6.45) is -1.26. The van der Waals surface area contributed by atoms with Crippen molar-refractivity contribution < 1.29 is 26.7 Å². The first-order chi connectivity index (χ1) is 16.8. The highest BCUT2D eigenvalue weighted by molar-refractivity contribution is 6.30. The van der Waals surface area contributed by atoms with E-state index in [1.807, 2.05) is 0 Å². The Morgan fingerprint density at radius 3 is 2.50 bits per heavy atom. The molecular weight excluding hydrogens is 509 g/mol. The molecule has 3 heterocycles. The molecule has 194 valence electrons. The first kappa shape index (κ1) is 27.2. The van der Waals surface area contributed by atoms with E-state index in [1.165, 1.54) is 31.6 Å². The Bertz CT molecular complexity index is 1140. The summed E-state index contributed by atoms with van der Waals surface area (Å²) in [7, 11) is 1.45. The number of hydrogen-bond donors (Lipinski definition) is 2. The molecule has 0 radical (unpaired) electrons.